The minimum Gasteiger partial charge on any atom is -0.497 e. The molecule has 1 aliphatic heterocycles. The molecule has 1 atom stereocenters. The van der Waals surface area contributed by atoms with Gasteiger partial charge in [0.25, 0.3) is 0 Å². The molecule has 0 amide bonds. The Balaban J connectivity index is 1.97. The maximum atomic E-state index is 13.1. The van der Waals surface area contributed by atoms with Crippen molar-refractivity contribution in [2.45, 2.75) is 38.8 Å². The molecule has 0 radical (unpaired) electrons. The summed E-state index contributed by atoms with van der Waals surface area (Å²) in [5.41, 5.74) is 3.15. The van der Waals surface area contributed by atoms with Gasteiger partial charge in [-0.2, -0.15) is 0 Å². The summed E-state index contributed by atoms with van der Waals surface area (Å²) in [5.74, 6) is 1.20. The molecule has 0 aliphatic carbocycles. The van der Waals surface area contributed by atoms with Crippen molar-refractivity contribution in [3.63, 3.8) is 0 Å². The SMILES string of the molecule is CCCCOC(=O)[C@H]1c2c(cc(OC)cc2OC)CCN1Cc1ccccc1. The van der Waals surface area contributed by atoms with Crippen LogP contribution >= 0.6 is 0 Å². The molecule has 1 aliphatic rings. The van der Waals surface area contributed by atoms with E-state index in [2.05, 4.69) is 24.0 Å². The number of methoxy groups -OCH3 is 2. The van der Waals surface area contributed by atoms with Crippen molar-refractivity contribution in [3.8, 4) is 11.5 Å². The second-order valence-electron chi connectivity index (χ2n) is 7.03. The van der Waals surface area contributed by atoms with E-state index in [9.17, 15) is 4.79 Å². The zero-order chi connectivity index (χ0) is 19.9. The summed E-state index contributed by atoms with van der Waals surface area (Å²) in [4.78, 5) is 15.3. The van der Waals surface area contributed by atoms with E-state index in [4.69, 9.17) is 14.2 Å². The molecule has 5 heteroatoms. The number of carbonyl (C=O) groups is 1. The highest BCUT2D eigenvalue weighted by atomic mass is 16.5. The van der Waals surface area contributed by atoms with Gasteiger partial charge in [0.2, 0.25) is 0 Å². The third kappa shape index (κ3) is 4.47. The number of unbranched alkanes of at least 4 members (excludes halogenated alkanes) is 1. The fourth-order valence-electron chi connectivity index (χ4n) is 3.69. The van der Waals surface area contributed by atoms with E-state index < -0.39 is 6.04 Å². The van der Waals surface area contributed by atoms with Crippen LogP contribution in [-0.4, -0.2) is 38.2 Å². The zero-order valence-corrected chi connectivity index (χ0v) is 16.9. The first-order chi connectivity index (χ1) is 13.7. The number of nitrogens with zero attached hydrogens (tertiary/aromatic N) is 1. The molecule has 0 fully saturated rings. The Labute approximate surface area is 167 Å². The molecule has 2 aromatic rings. The first-order valence-electron chi connectivity index (χ1n) is 9.87. The average Bonchev–Trinajstić information content (AvgIpc) is 2.73. The van der Waals surface area contributed by atoms with Crippen LogP contribution in [-0.2, 0) is 22.5 Å². The molecule has 0 saturated carbocycles. The Morgan fingerprint density at radius 3 is 2.61 bits per heavy atom. The van der Waals surface area contributed by atoms with Crippen LogP contribution in [0.4, 0.5) is 0 Å². The van der Waals surface area contributed by atoms with Crippen LogP contribution in [0.1, 0.15) is 42.5 Å². The molecular weight excluding hydrogens is 354 g/mol. The van der Waals surface area contributed by atoms with E-state index in [0.29, 0.717) is 18.9 Å². The number of carbonyl (C=O) groups excluding carboxylic acids is 1. The number of ether oxygens (including phenoxy) is 3. The number of hydrogen-bond donors (Lipinski definition) is 0. The van der Waals surface area contributed by atoms with E-state index in [-0.39, 0.29) is 5.97 Å². The summed E-state index contributed by atoms with van der Waals surface area (Å²) in [5, 5.41) is 0. The highest BCUT2D eigenvalue weighted by Gasteiger charge is 2.37. The van der Waals surface area contributed by atoms with Crippen LogP contribution in [0.25, 0.3) is 0 Å². The topological polar surface area (TPSA) is 48.0 Å². The largest absolute Gasteiger partial charge is 0.497 e. The van der Waals surface area contributed by atoms with Crippen LogP contribution < -0.4 is 9.47 Å². The van der Waals surface area contributed by atoms with Gasteiger partial charge >= 0.3 is 5.97 Å². The molecule has 150 valence electrons. The fraction of sp³-hybridized carbons (Fsp3) is 0.435. The Kier molecular flexibility index (Phi) is 6.93. The summed E-state index contributed by atoms with van der Waals surface area (Å²) in [7, 11) is 3.27. The van der Waals surface area contributed by atoms with Gasteiger partial charge in [0, 0.05) is 24.7 Å². The Hall–Kier alpha value is -2.53. The molecule has 0 aromatic heterocycles. The van der Waals surface area contributed by atoms with Gasteiger partial charge in [-0.3, -0.25) is 4.90 Å². The van der Waals surface area contributed by atoms with Crippen LogP contribution in [0.2, 0.25) is 0 Å². The first kappa shape index (κ1) is 20.2. The third-order valence-corrected chi connectivity index (χ3v) is 5.16. The number of hydrogen-bond acceptors (Lipinski definition) is 5. The number of fused-ring (bicyclic) bond motifs is 1. The van der Waals surface area contributed by atoms with Crippen molar-refractivity contribution in [2.24, 2.45) is 0 Å². The number of rotatable bonds is 8. The molecular formula is C23H29NO4. The summed E-state index contributed by atoms with van der Waals surface area (Å²) in [6, 6.07) is 13.6. The average molecular weight is 383 g/mol. The lowest BCUT2D eigenvalue weighted by molar-refractivity contribution is -0.151. The molecule has 0 spiro atoms. The second-order valence-corrected chi connectivity index (χ2v) is 7.03. The van der Waals surface area contributed by atoms with E-state index >= 15 is 0 Å². The molecule has 0 bridgehead atoms. The van der Waals surface area contributed by atoms with Crippen molar-refractivity contribution in [3.05, 3.63) is 59.2 Å². The van der Waals surface area contributed by atoms with Gasteiger partial charge in [0.15, 0.2) is 0 Å². The van der Waals surface area contributed by atoms with E-state index in [0.717, 1.165) is 42.7 Å². The molecule has 0 unspecified atom stereocenters. The minimum absolute atomic E-state index is 0.214. The summed E-state index contributed by atoms with van der Waals surface area (Å²) in [6.45, 7) is 3.98. The molecule has 3 rings (SSSR count). The van der Waals surface area contributed by atoms with Gasteiger partial charge in [-0.15, -0.1) is 0 Å². The maximum absolute atomic E-state index is 13.1. The van der Waals surface area contributed by atoms with Crippen LogP contribution in [0.5, 0.6) is 11.5 Å². The summed E-state index contributed by atoms with van der Waals surface area (Å²) in [6.07, 6.45) is 2.68. The summed E-state index contributed by atoms with van der Waals surface area (Å²) >= 11 is 0. The lowest BCUT2D eigenvalue weighted by Gasteiger charge is -2.36. The Morgan fingerprint density at radius 2 is 1.93 bits per heavy atom. The molecule has 5 nitrogen and oxygen atoms in total. The van der Waals surface area contributed by atoms with Crippen LogP contribution in [0.15, 0.2) is 42.5 Å². The third-order valence-electron chi connectivity index (χ3n) is 5.16. The molecule has 1 heterocycles. The smallest absolute Gasteiger partial charge is 0.328 e. The zero-order valence-electron chi connectivity index (χ0n) is 16.9. The highest BCUT2D eigenvalue weighted by Crippen LogP contribution is 2.40. The normalized spacial score (nSPS) is 16.3. The quantitative estimate of drug-likeness (QED) is 0.506. The lowest BCUT2D eigenvalue weighted by atomic mass is 9.90. The lowest BCUT2D eigenvalue weighted by Crippen LogP contribution is -2.40. The van der Waals surface area contributed by atoms with Crippen LogP contribution in [0.3, 0.4) is 0 Å². The Morgan fingerprint density at radius 1 is 1.14 bits per heavy atom. The predicted molar refractivity (Wildman–Crippen MR) is 109 cm³/mol. The van der Waals surface area contributed by atoms with E-state index in [1.807, 2.05) is 30.3 Å². The maximum Gasteiger partial charge on any atom is 0.328 e. The van der Waals surface area contributed by atoms with Gasteiger partial charge in [0.05, 0.1) is 20.8 Å². The fourth-order valence-corrected chi connectivity index (χ4v) is 3.69. The summed E-state index contributed by atoms with van der Waals surface area (Å²) < 4.78 is 16.7. The standard InChI is InChI=1S/C23H29NO4/c1-4-5-13-28-23(25)22-21-18(14-19(26-2)15-20(21)27-3)11-12-24(22)16-17-9-7-6-8-10-17/h6-10,14-15,22H,4-5,11-13,16H2,1-3H3/t22-/m1/s1. The van der Waals surface area contributed by atoms with Gasteiger partial charge in [-0.1, -0.05) is 43.7 Å². The van der Waals surface area contributed by atoms with Gasteiger partial charge in [-0.25, -0.2) is 4.79 Å². The first-order valence-corrected chi connectivity index (χ1v) is 9.87. The predicted octanol–water partition coefficient (Wildman–Crippen LogP) is 4.15. The molecule has 0 saturated heterocycles. The van der Waals surface area contributed by atoms with Crippen molar-refractivity contribution in [1.29, 1.82) is 0 Å². The van der Waals surface area contributed by atoms with Crippen molar-refractivity contribution >= 4 is 5.97 Å². The molecule has 0 N–H and O–H groups in total. The second kappa shape index (κ2) is 9.60. The van der Waals surface area contributed by atoms with Gasteiger partial charge in [0.1, 0.15) is 17.5 Å². The van der Waals surface area contributed by atoms with E-state index in [1.54, 1.807) is 14.2 Å². The van der Waals surface area contributed by atoms with Crippen molar-refractivity contribution in [2.75, 3.05) is 27.4 Å². The highest BCUT2D eigenvalue weighted by molar-refractivity contribution is 5.80. The van der Waals surface area contributed by atoms with Gasteiger partial charge in [-0.05, 0) is 30.0 Å². The van der Waals surface area contributed by atoms with E-state index in [1.165, 1.54) is 5.56 Å². The minimum atomic E-state index is -0.485. The van der Waals surface area contributed by atoms with Gasteiger partial charge < -0.3 is 14.2 Å². The molecule has 2 aromatic carbocycles. The Bertz CT molecular complexity index is 773. The molecule has 28 heavy (non-hydrogen) atoms. The van der Waals surface area contributed by atoms with Crippen LogP contribution in [0, 0.1) is 0 Å². The monoisotopic (exact) mass is 383 g/mol. The van der Waals surface area contributed by atoms with Crippen molar-refractivity contribution < 1.29 is 19.0 Å². The number of benzene rings is 2. The number of esters is 1. The van der Waals surface area contributed by atoms with Crippen molar-refractivity contribution in [1.82, 2.24) is 4.90 Å².